The van der Waals surface area contributed by atoms with Crippen molar-refractivity contribution in [1.82, 2.24) is 5.32 Å². The predicted octanol–water partition coefficient (Wildman–Crippen LogP) is 1.51. The Balaban J connectivity index is 3.43. The van der Waals surface area contributed by atoms with Crippen LogP contribution in [0.3, 0.4) is 0 Å². The lowest BCUT2D eigenvalue weighted by Crippen LogP contribution is -2.36. The van der Waals surface area contributed by atoms with Crippen molar-refractivity contribution in [3.05, 3.63) is 0 Å². The molecule has 0 spiro atoms. The van der Waals surface area contributed by atoms with Crippen molar-refractivity contribution in [2.24, 2.45) is 5.73 Å². The molecule has 2 heteroatoms. The molecule has 0 aliphatic carbocycles. The average Bonchev–Trinajstić information content (AvgIpc) is 2.16. The summed E-state index contributed by atoms with van der Waals surface area (Å²) in [5.41, 5.74) is 5.63. The van der Waals surface area contributed by atoms with E-state index in [0.717, 1.165) is 13.1 Å². The minimum absolute atomic E-state index is 0.451. The van der Waals surface area contributed by atoms with Gasteiger partial charge >= 0.3 is 0 Å². The second-order valence-corrected chi connectivity index (χ2v) is 3.24. The van der Waals surface area contributed by atoms with E-state index >= 15 is 0 Å². The molecule has 0 radical (unpaired) electrons. The van der Waals surface area contributed by atoms with Crippen LogP contribution in [0.4, 0.5) is 0 Å². The van der Waals surface area contributed by atoms with E-state index < -0.39 is 0 Å². The molecule has 13 heavy (non-hydrogen) atoms. The van der Waals surface area contributed by atoms with Crippen molar-refractivity contribution in [2.45, 2.75) is 45.6 Å². The summed E-state index contributed by atoms with van der Waals surface area (Å²) in [7, 11) is 0. The summed E-state index contributed by atoms with van der Waals surface area (Å²) >= 11 is 0. The number of hydrogen-bond acceptors (Lipinski definition) is 2. The molecule has 0 aliphatic rings. The van der Waals surface area contributed by atoms with Gasteiger partial charge in [0, 0.05) is 12.6 Å². The number of unbranched alkanes of at least 4 members (excludes halogenated alkanes) is 2. The van der Waals surface area contributed by atoms with Gasteiger partial charge in [0.2, 0.25) is 0 Å². The van der Waals surface area contributed by atoms with E-state index in [9.17, 15) is 0 Å². The molecule has 0 saturated carbocycles. The third-order valence-corrected chi connectivity index (χ3v) is 2.10. The summed E-state index contributed by atoms with van der Waals surface area (Å²) in [5, 5.41) is 3.33. The Morgan fingerprint density at radius 2 is 2.15 bits per heavy atom. The molecule has 0 aromatic heterocycles. The summed E-state index contributed by atoms with van der Waals surface area (Å²) in [6.45, 7) is 5.56. The van der Waals surface area contributed by atoms with Crippen molar-refractivity contribution in [1.29, 1.82) is 0 Å². The van der Waals surface area contributed by atoms with Crippen LogP contribution in [-0.4, -0.2) is 19.1 Å². The Hall–Kier alpha value is -0.520. The van der Waals surface area contributed by atoms with Crippen LogP contribution in [0.2, 0.25) is 0 Å². The maximum atomic E-state index is 5.63. The monoisotopic (exact) mass is 182 g/mol. The molecule has 0 rings (SSSR count). The highest BCUT2D eigenvalue weighted by atomic mass is 14.9. The van der Waals surface area contributed by atoms with Gasteiger partial charge in [-0.1, -0.05) is 32.1 Å². The highest BCUT2D eigenvalue weighted by Gasteiger charge is 2.02. The topological polar surface area (TPSA) is 38.0 Å². The van der Waals surface area contributed by atoms with E-state index in [1.54, 1.807) is 0 Å². The van der Waals surface area contributed by atoms with Crippen LogP contribution in [-0.2, 0) is 0 Å². The van der Waals surface area contributed by atoms with Gasteiger partial charge in [-0.2, -0.15) is 0 Å². The molecule has 2 nitrogen and oxygen atoms in total. The van der Waals surface area contributed by atoms with Gasteiger partial charge in [-0.05, 0) is 13.3 Å². The fraction of sp³-hybridized carbons (Fsp3) is 0.818. The standard InChI is InChI=1S/C11H22N2/c1-3-5-7-8-11(10-12)13-9-6-4-2/h11,13H,3,5,7-10,12H2,1-2H3. The van der Waals surface area contributed by atoms with Gasteiger partial charge in [0.25, 0.3) is 0 Å². The summed E-state index contributed by atoms with van der Waals surface area (Å²) in [6, 6.07) is 0.451. The largest absolute Gasteiger partial charge is 0.329 e. The first-order chi connectivity index (χ1) is 6.35. The molecule has 0 heterocycles. The van der Waals surface area contributed by atoms with Gasteiger partial charge in [0.05, 0.1) is 6.54 Å². The molecule has 1 unspecified atom stereocenters. The predicted molar refractivity (Wildman–Crippen MR) is 58.4 cm³/mol. The summed E-state index contributed by atoms with van der Waals surface area (Å²) in [5.74, 6) is 5.85. The zero-order valence-corrected chi connectivity index (χ0v) is 8.90. The fourth-order valence-electron chi connectivity index (χ4n) is 1.23. The normalized spacial score (nSPS) is 11.9. The Bertz CT molecular complexity index is 155. The average molecular weight is 182 g/mol. The zero-order chi connectivity index (χ0) is 9.94. The first-order valence-electron chi connectivity index (χ1n) is 5.18. The molecular formula is C11H22N2. The zero-order valence-electron chi connectivity index (χ0n) is 8.90. The van der Waals surface area contributed by atoms with Crippen LogP contribution in [0.15, 0.2) is 0 Å². The third kappa shape index (κ3) is 7.83. The minimum Gasteiger partial charge on any atom is -0.329 e. The van der Waals surface area contributed by atoms with Gasteiger partial charge < -0.3 is 11.1 Å². The van der Waals surface area contributed by atoms with Gasteiger partial charge in [-0.25, -0.2) is 0 Å². The van der Waals surface area contributed by atoms with E-state index in [4.69, 9.17) is 5.73 Å². The third-order valence-electron chi connectivity index (χ3n) is 2.10. The molecule has 0 aromatic rings. The Morgan fingerprint density at radius 1 is 1.38 bits per heavy atom. The van der Waals surface area contributed by atoms with Crippen molar-refractivity contribution in [2.75, 3.05) is 13.1 Å². The van der Waals surface area contributed by atoms with E-state index in [0.29, 0.717) is 6.04 Å². The lowest BCUT2D eigenvalue weighted by Gasteiger charge is -2.14. The minimum atomic E-state index is 0.451. The smallest absolute Gasteiger partial charge is 0.0578 e. The molecule has 0 saturated heterocycles. The maximum absolute atomic E-state index is 5.63. The molecule has 0 bridgehead atoms. The molecular weight excluding hydrogens is 160 g/mol. The van der Waals surface area contributed by atoms with Gasteiger partial charge in [-0.15, -0.1) is 5.92 Å². The summed E-state index contributed by atoms with van der Waals surface area (Å²) in [6.07, 6.45) is 5.02. The Morgan fingerprint density at radius 3 is 2.69 bits per heavy atom. The molecule has 0 fully saturated rings. The Labute approximate surface area is 82.3 Å². The number of nitrogens with one attached hydrogen (secondary N) is 1. The SMILES string of the molecule is CC#CCNC(CN)CCCCC. The molecule has 0 aliphatic heterocycles. The van der Waals surface area contributed by atoms with Gasteiger partial charge in [-0.3, -0.25) is 0 Å². The maximum Gasteiger partial charge on any atom is 0.0578 e. The van der Waals surface area contributed by atoms with Crippen LogP contribution < -0.4 is 11.1 Å². The fourth-order valence-corrected chi connectivity index (χ4v) is 1.23. The van der Waals surface area contributed by atoms with Crippen LogP contribution in [0.25, 0.3) is 0 Å². The highest BCUT2D eigenvalue weighted by molar-refractivity contribution is 4.97. The van der Waals surface area contributed by atoms with Gasteiger partial charge in [0.15, 0.2) is 0 Å². The van der Waals surface area contributed by atoms with E-state index in [2.05, 4.69) is 24.1 Å². The van der Waals surface area contributed by atoms with Crippen LogP contribution in [0, 0.1) is 11.8 Å². The molecule has 0 aromatic carbocycles. The van der Waals surface area contributed by atoms with Crippen molar-refractivity contribution in [3.8, 4) is 11.8 Å². The van der Waals surface area contributed by atoms with E-state index in [-0.39, 0.29) is 0 Å². The van der Waals surface area contributed by atoms with Crippen molar-refractivity contribution < 1.29 is 0 Å². The molecule has 76 valence electrons. The summed E-state index contributed by atoms with van der Waals surface area (Å²) in [4.78, 5) is 0. The number of nitrogens with two attached hydrogens (primary N) is 1. The second kappa shape index (κ2) is 9.57. The second-order valence-electron chi connectivity index (χ2n) is 3.24. The van der Waals surface area contributed by atoms with Gasteiger partial charge in [0.1, 0.15) is 0 Å². The molecule has 0 amide bonds. The first-order valence-corrected chi connectivity index (χ1v) is 5.18. The first kappa shape index (κ1) is 12.5. The van der Waals surface area contributed by atoms with Crippen LogP contribution >= 0.6 is 0 Å². The van der Waals surface area contributed by atoms with Crippen molar-refractivity contribution in [3.63, 3.8) is 0 Å². The Kier molecular flexibility index (Phi) is 9.18. The number of hydrogen-bond donors (Lipinski definition) is 2. The quantitative estimate of drug-likeness (QED) is 0.462. The van der Waals surface area contributed by atoms with E-state index in [1.165, 1.54) is 25.7 Å². The number of rotatable bonds is 7. The lowest BCUT2D eigenvalue weighted by atomic mass is 10.1. The molecule has 1 atom stereocenters. The summed E-state index contributed by atoms with van der Waals surface area (Å²) < 4.78 is 0. The van der Waals surface area contributed by atoms with Crippen LogP contribution in [0.1, 0.15) is 39.5 Å². The van der Waals surface area contributed by atoms with Crippen molar-refractivity contribution >= 4 is 0 Å². The highest BCUT2D eigenvalue weighted by Crippen LogP contribution is 2.01. The van der Waals surface area contributed by atoms with Crippen LogP contribution in [0.5, 0.6) is 0 Å². The lowest BCUT2D eigenvalue weighted by molar-refractivity contribution is 0.487. The van der Waals surface area contributed by atoms with E-state index in [1.807, 2.05) is 6.92 Å². The molecule has 3 N–H and O–H groups in total.